The van der Waals surface area contributed by atoms with Crippen LogP contribution in [0.4, 0.5) is 5.13 Å². The average molecular weight is 279 g/mol. The van der Waals surface area contributed by atoms with Gasteiger partial charge < -0.3 is 10.2 Å². The molecule has 3 rings (SSSR count). The molecule has 2 aliphatic rings. The molecular weight excluding hydrogens is 254 g/mol. The number of nitrogens with one attached hydrogen (secondary N) is 1. The summed E-state index contributed by atoms with van der Waals surface area (Å²) >= 11 is 1.85. The maximum absolute atomic E-state index is 4.58. The molecule has 3 nitrogen and oxygen atoms in total. The Bertz CT molecular complexity index is 394. The van der Waals surface area contributed by atoms with Gasteiger partial charge in [-0.2, -0.15) is 0 Å². The standard InChI is InChI=1S/C15H25N3S/c1-18(11-12-5-3-2-4-6-12)15-17-10-14(19-15)9-16-13-7-8-13/h10,12-13,16H,2-9,11H2,1H3. The van der Waals surface area contributed by atoms with Gasteiger partial charge in [-0.3, -0.25) is 0 Å². The largest absolute Gasteiger partial charge is 0.351 e. The fourth-order valence-electron chi connectivity index (χ4n) is 2.92. The lowest BCUT2D eigenvalue weighted by molar-refractivity contribution is 0.362. The summed E-state index contributed by atoms with van der Waals surface area (Å²) in [6.07, 6.45) is 11.9. The third-order valence-electron chi connectivity index (χ3n) is 4.27. The van der Waals surface area contributed by atoms with Gasteiger partial charge >= 0.3 is 0 Å². The van der Waals surface area contributed by atoms with Crippen molar-refractivity contribution >= 4 is 16.5 Å². The fraction of sp³-hybridized carbons (Fsp3) is 0.800. The molecule has 106 valence electrons. The van der Waals surface area contributed by atoms with Crippen molar-refractivity contribution in [3.05, 3.63) is 11.1 Å². The summed E-state index contributed by atoms with van der Waals surface area (Å²) in [5, 5.41) is 4.75. The average Bonchev–Trinajstić information content (AvgIpc) is 3.14. The Kier molecular flexibility index (Phi) is 4.38. The van der Waals surface area contributed by atoms with Gasteiger partial charge in [-0.15, -0.1) is 11.3 Å². The Balaban J connectivity index is 1.48. The highest BCUT2D eigenvalue weighted by Gasteiger charge is 2.21. The lowest BCUT2D eigenvalue weighted by Crippen LogP contribution is -2.26. The highest BCUT2D eigenvalue weighted by Crippen LogP contribution is 2.28. The third-order valence-corrected chi connectivity index (χ3v) is 5.38. The van der Waals surface area contributed by atoms with E-state index in [4.69, 9.17) is 0 Å². The molecule has 1 aromatic heterocycles. The molecule has 2 aliphatic carbocycles. The van der Waals surface area contributed by atoms with Crippen LogP contribution in [-0.2, 0) is 6.54 Å². The van der Waals surface area contributed by atoms with Gasteiger partial charge in [-0.25, -0.2) is 4.98 Å². The molecule has 2 saturated carbocycles. The molecule has 1 N–H and O–H groups in total. The van der Waals surface area contributed by atoms with Crippen molar-refractivity contribution in [1.82, 2.24) is 10.3 Å². The van der Waals surface area contributed by atoms with Crippen LogP contribution in [0.5, 0.6) is 0 Å². The van der Waals surface area contributed by atoms with Gasteiger partial charge in [0.2, 0.25) is 0 Å². The summed E-state index contributed by atoms with van der Waals surface area (Å²) in [7, 11) is 2.20. The molecule has 0 amide bonds. The maximum Gasteiger partial charge on any atom is 0.185 e. The minimum atomic E-state index is 0.783. The van der Waals surface area contributed by atoms with Crippen LogP contribution in [0.3, 0.4) is 0 Å². The first-order valence-corrected chi connectivity index (χ1v) is 8.52. The molecule has 0 aromatic carbocycles. The molecule has 0 radical (unpaired) electrons. The topological polar surface area (TPSA) is 28.2 Å². The lowest BCUT2D eigenvalue weighted by atomic mass is 9.89. The van der Waals surface area contributed by atoms with Crippen LogP contribution in [0.1, 0.15) is 49.8 Å². The van der Waals surface area contributed by atoms with E-state index in [-0.39, 0.29) is 0 Å². The number of anilines is 1. The van der Waals surface area contributed by atoms with Crippen LogP contribution in [0, 0.1) is 5.92 Å². The number of hydrogen-bond acceptors (Lipinski definition) is 4. The van der Waals surface area contributed by atoms with Crippen molar-refractivity contribution < 1.29 is 0 Å². The Labute approximate surface area is 120 Å². The first-order valence-electron chi connectivity index (χ1n) is 7.70. The SMILES string of the molecule is CN(CC1CCCCC1)c1ncc(CNC2CC2)s1. The molecule has 1 aromatic rings. The summed E-state index contributed by atoms with van der Waals surface area (Å²) in [4.78, 5) is 8.32. The number of rotatable bonds is 6. The number of aromatic nitrogens is 1. The summed E-state index contributed by atoms with van der Waals surface area (Å²) in [5.41, 5.74) is 0. The molecule has 4 heteroatoms. The predicted octanol–water partition coefficient (Wildman–Crippen LogP) is 3.41. The molecule has 0 spiro atoms. The zero-order chi connectivity index (χ0) is 13.1. The van der Waals surface area contributed by atoms with E-state index < -0.39 is 0 Å². The third kappa shape index (κ3) is 3.93. The van der Waals surface area contributed by atoms with Crippen LogP contribution in [0.2, 0.25) is 0 Å². The quantitative estimate of drug-likeness (QED) is 0.865. The normalized spacial score (nSPS) is 20.7. The minimum absolute atomic E-state index is 0.783. The smallest absolute Gasteiger partial charge is 0.185 e. The molecule has 1 heterocycles. The van der Waals surface area contributed by atoms with Crippen molar-refractivity contribution in [3.8, 4) is 0 Å². The van der Waals surface area contributed by atoms with Gasteiger partial charge in [0.25, 0.3) is 0 Å². The summed E-state index contributed by atoms with van der Waals surface area (Å²) < 4.78 is 0. The Morgan fingerprint density at radius 2 is 2.05 bits per heavy atom. The molecule has 19 heavy (non-hydrogen) atoms. The van der Waals surface area contributed by atoms with Crippen LogP contribution in [0.25, 0.3) is 0 Å². The van der Waals surface area contributed by atoms with Crippen molar-refractivity contribution in [3.63, 3.8) is 0 Å². The van der Waals surface area contributed by atoms with E-state index in [1.165, 1.54) is 61.5 Å². The Hall–Kier alpha value is -0.610. The van der Waals surface area contributed by atoms with Crippen molar-refractivity contribution in [2.24, 2.45) is 5.92 Å². The van der Waals surface area contributed by atoms with E-state index >= 15 is 0 Å². The van der Waals surface area contributed by atoms with Crippen LogP contribution < -0.4 is 10.2 Å². The van der Waals surface area contributed by atoms with E-state index in [0.717, 1.165) is 18.5 Å². The van der Waals surface area contributed by atoms with E-state index in [0.29, 0.717) is 0 Å². The molecule has 0 unspecified atom stereocenters. The van der Waals surface area contributed by atoms with Gasteiger partial charge in [-0.1, -0.05) is 19.3 Å². The number of nitrogens with zero attached hydrogens (tertiary/aromatic N) is 2. The van der Waals surface area contributed by atoms with Crippen molar-refractivity contribution in [2.45, 2.75) is 57.5 Å². The first-order chi connectivity index (χ1) is 9.31. The number of thiazole rings is 1. The number of hydrogen-bond donors (Lipinski definition) is 1. The van der Waals surface area contributed by atoms with Gasteiger partial charge in [0.1, 0.15) is 0 Å². The highest BCUT2D eigenvalue weighted by molar-refractivity contribution is 7.15. The summed E-state index contributed by atoms with van der Waals surface area (Å²) in [6.45, 7) is 2.18. The fourth-order valence-corrected chi connectivity index (χ4v) is 3.75. The molecule has 0 bridgehead atoms. The van der Waals surface area contributed by atoms with Crippen molar-refractivity contribution in [1.29, 1.82) is 0 Å². The second-order valence-corrected chi connectivity index (χ2v) is 7.24. The lowest BCUT2D eigenvalue weighted by Gasteiger charge is -2.26. The zero-order valence-electron chi connectivity index (χ0n) is 11.9. The second kappa shape index (κ2) is 6.23. The molecule has 0 saturated heterocycles. The molecule has 2 fully saturated rings. The van der Waals surface area contributed by atoms with E-state index in [2.05, 4.69) is 22.2 Å². The van der Waals surface area contributed by atoms with Gasteiger partial charge in [0.05, 0.1) is 0 Å². The molecular formula is C15H25N3S. The van der Waals surface area contributed by atoms with Gasteiger partial charge in [0, 0.05) is 37.3 Å². The summed E-state index contributed by atoms with van der Waals surface area (Å²) in [6, 6.07) is 0.783. The van der Waals surface area contributed by atoms with Crippen LogP contribution >= 0.6 is 11.3 Å². The minimum Gasteiger partial charge on any atom is -0.351 e. The Morgan fingerprint density at radius 3 is 2.79 bits per heavy atom. The van der Waals surface area contributed by atoms with E-state index in [1.807, 2.05) is 17.5 Å². The van der Waals surface area contributed by atoms with Gasteiger partial charge in [0.15, 0.2) is 5.13 Å². The Morgan fingerprint density at radius 1 is 1.26 bits per heavy atom. The maximum atomic E-state index is 4.58. The van der Waals surface area contributed by atoms with E-state index in [1.54, 1.807) is 0 Å². The first kappa shape index (κ1) is 13.4. The second-order valence-electron chi connectivity index (χ2n) is 6.15. The monoisotopic (exact) mass is 279 g/mol. The predicted molar refractivity (Wildman–Crippen MR) is 81.8 cm³/mol. The van der Waals surface area contributed by atoms with Crippen LogP contribution in [-0.4, -0.2) is 24.6 Å². The van der Waals surface area contributed by atoms with E-state index in [9.17, 15) is 0 Å². The molecule has 0 atom stereocenters. The molecule has 0 aliphatic heterocycles. The highest BCUT2D eigenvalue weighted by atomic mass is 32.1. The van der Waals surface area contributed by atoms with Crippen molar-refractivity contribution in [2.75, 3.05) is 18.5 Å². The van der Waals surface area contributed by atoms with Gasteiger partial charge in [-0.05, 0) is 31.6 Å². The zero-order valence-corrected chi connectivity index (χ0v) is 12.7. The summed E-state index contributed by atoms with van der Waals surface area (Å²) in [5.74, 6) is 0.885. The van der Waals surface area contributed by atoms with Crippen LogP contribution in [0.15, 0.2) is 6.20 Å².